The van der Waals surface area contributed by atoms with Crippen LogP contribution in [0, 0.1) is 18.2 Å². The van der Waals surface area contributed by atoms with Crippen molar-refractivity contribution in [2.24, 2.45) is 0 Å². The molecule has 0 bridgehead atoms. The van der Waals surface area contributed by atoms with Gasteiger partial charge in [0.25, 0.3) is 0 Å². The standard InChI is InChI=1S/C10H6ClNO2.C10H6ClNO.C10H8ClN.ClO2.2Na.HO4P.O2Se.H/c11-7-2-4-8-6(5-7)1-3-9(12-8)10(13)14;11-8-2-4-10-7(5-8)1-3-9(6-13)12-10;1-7-2-3-8-6-9(11)4-5-10(8)12-7;2-1-3;;;1-4-5(2)3;1-3-2;/h1-5H,(H,13,14);1-6H;2-6H,1H3;;;;1H;;/q;;;-1;2*+1;;;-1. The molecule has 0 fully saturated rings. The number of hydrogen-bond acceptors (Lipinski definition) is 13. The molecule has 2 N–H and O–H groups in total. The Hall–Kier alpha value is -1.79. The molecular formula is C30H22Cl4N3Na2O11PSe. The van der Waals surface area contributed by atoms with Gasteiger partial charge < -0.3 is 20.7 Å². The number of nitrogens with zero attached hydrogens (tertiary/aromatic N) is 3. The maximum absolute atomic E-state index is 10.6. The SMILES string of the molecule is Cc1ccc2cc(Cl)ccc2n1.O=C(O)c1ccc2cc(Cl)ccc2n1.O=Cc1ccc2cc(Cl)ccc2n1.O=[P+]([O-])OO.O=[Se]=O.[H-].[Na+].[Na+].[O-][Cl+][O-]. The summed E-state index contributed by atoms with van der Waals surface area (Å²) >= 11 is 15.4. The van der Waals surface area contributed by atoms with E-state index in [0.29, 0.717) is 21.3 Å². The summed E-state index contributed by atoms with van der Waals surface area (Å²) in [4.78, 5) is 42.4. The van der Waals surface area contributed by atoms with Crippen LogP contribution in [0.4, 0.5) is 0 Å². The smallest absolute Gasteiger partial charge is 1.00 e. The van der Waals surface area contributed by atoms with Crippen LogP contribution in [0.15, 0.2) is 91.0 Å². The first-order valence-electron chi connectivity index (χ1n) is 12.9. The Kier molecular flexibility index (Phi) is 29.7. The van der Waals surface area contributed by atoms with Gasteiger partial charge in [-0.3, -0.25) is 9.78 Å². The molecular weight excluding hydrogens is 876 g/mol. The van der Waals surface area contributed by atoms with Crippen molar-refractivity contribution in [2.45, 2.75) is 6.92 Å². The molecule has 3 aromatic heterocycles. The Morgan fingerprint density at radius 2 is 1.15 bits per heavy atom. The van der Waals surface area contributed by atoms with Crippen molar-refractivity contribution in [3.63, 3.8) is 0 Å². The number of aromatic nitrogens is 3. The number of halogens is 4. The van der Waals surface area contributed by atoms with Gasteiger partial charge >= 0.3 is 95.8 Å². The first-order chi connectivity index (χ1) is 23.8. The predicted octanol–water partition coefficient (Wildman–Crippen LogP) is -0.898. The summed E-state index contributed by atoms with van der Waals surface area (Å²) in [5, 5.41) is 20.7. The van der Waals surface area contributed by atoms with Crippen LogP contribution in [0.1, 0.15) is 28.1 Å². The van der Waals surface area contributed by atoms with Gasteiger partial charge in [0, 0.05) is 41.6 Å². The van der Waals surface area contributed by atoms with E-state index >= 15 is 0 Å². The summed E-state index contributed by atoms with van der Waals surface area (Å²) < 4.78 is 45.0. The van der Waals surface area contributed by atoms with Gasteiger partial charge in [0.05, 0.1) is 27.9 Å². The van der Waals surface area contributed by atoms with Crippen molar-refractivity contribution in [3.05, 3.63) is 123 Å². The molecule has 0 aliphatic heterocycles. The number of benzene rings is 3. The molecule has 14 nitrogen and oxygen atoms in total. The van der Waals surface area contributed by atoms with E-state index in [2.05, 4.69) is 19.6 Å². The monoisotopic (exact) mass is 897 g/mol. The van der Waals surface area contributed by atoms with Crippen molar-refractivity contribution in [1.82, 2.24) is 15.0 Å². The quantitative estimate of drug-likeness (QED) is 0.0720. The average molecular weight is 898 g/mol. The summed E-state index contributed by atoms with van der Waals surface area (Å²) in [6, 6.07) is 26.9. The summed E-state index contributed by atoms with van der Waals surface area (Å²) in [5.74, 6) is -1.03. The molecule has 6 aromatic rings. The van der Waals surface area contributed by atoms with Crippen molar-refractivity contribution in [2.75, 3.05) is 0 Å². The van der Waals surface area contributed by atoms with E-state index in [1.54, 1.807) is 42.5 Å². The van der Waals surface area contributed by atoms with Crippen LogP contribution >= 0.6 is 43.1 Å². The summed E-state index contributed by atoms with van der Waals surface area (Å²) in [6.07, 6.45) is 0.730. The normalized spacial score (nSPS) is 9.42. The minimum atomic E-state index is -3.04. The largest absolute Gasteiger partial charge is 1.00 e. The van der Waals surface area contributed by atoms with Crippen LogP contribution in [-0.2, 0) is 16.9 Å². The molecule has 0 saturated heterocycles. The van der Waals surface area contributed by atoms with Gasteiger partial charge in [0.2, 0.25) is 0 Å². The van der Waals surface area contributed by atoms with E-state index in [9.17, 15) is 9.59 Å². The molecule has 3 heterocycles. The van der Waals surface area contributed by atoms with Gasteiger partial charge in [-0.1, -0.05) is 53.0 Å². The second-order valence-corrected chi connectivity index (χ2v) is 11.1. The maximum Gasteiger partial charge on any atom is 1.00 e. The number of rotatable bonds is 3. The number of carboxylic acid groups (broad SMARTS) is 1. The Bertz CT molecular complexity index is 2070. The van der Waals surface area contributed by atoms with Gasteiger partial charge in [-0.25, -0.2) is 20.0 Å². The van der Waals surface area contributed by atoms with E-state index in [4.69, 9.17) is 71.6 Å². The minimum absolute atomic E-state index is 0. The second kappa shape index (κ2) is 29.6. The molecule has 6 rings (SSSR count). The summed E-state index contributed by atoms with van der Waals surface area (Å²) in [5.41, 5.74) is 3.93. The molecule has 0 radical (unpaired) electrons. The topological polar surface area (TPSA) is 243 Å². The third-order valence-corrected chi connectivity index (χ3v) is 6.36. The third kappa shape index (κ3) is 20.6. The van der Waals surface area contributed by atoms with Crippen LogP contribution in [0.5, 0.6) is 0 Å². The molecule has 0 amide bonds. The minimum Gasteiger partial charge on any atom is -1.00 e. The van der Waals surface area contributed by atoms with Gasteiger partial charge in [0.15, 0.2) is 6.29 Å². The van der Waals surface area contributed by atoms with E-state index < -0.39 is 40.4 Å². The fraction of sp³-hybridized carbons (Fsp3) is 0.0333. The number of carboxylic acids is 1. The van der Waals surface area contributed by atoms with E-state index in [1.165, 1.54) is 6.07 Å². The van der Waals surface area contributed by atoms with Gasteiger partial charge in [-0.05, 0) is 84.3 Å². The van der Waals surface area contributed by atoms with Gasteiger partial charge in [-0.2, -0.15) is 0 Å². The Morgan fingerprint density at radius 1 is 0.788 bits per heavy atom. The van der Waals surface area contributed by atoms with Gasteiger partial charge in [-0.15, -0.1) is 0 Å². The zero-order valence-electron chi connectivity index (χ0n) is 28.0. The third-order valence-electron chi connectivity index (χ3n) is 5.52. The van der Waals surface area contributed by atoms with Crippen molar-refractivity contribution < 1.29 is 123 Å². The van der Waals surface area contributed by atoms with Crippen LogP contribution in [0.3, 0.4) is 0 Å². The molecule has 0 aliphatic rings. The van der Waals surface area contributed by atoms with Gasteiger partial charge in [0.1, 0.15) is 11.4 Å². The second-order valence-electron chi connectivity index (χ2n) is 8.76. The van der Waals surface area contributed by atoms with Crippen molar-refractivity contribution in [1.29, 1.82) is 0 Å². The number of aromatic carboxylic acids is 1. The van der Waals surface area contributed by atoms with E-state index in [-0.39, 0.29) is 66.2 Å². The van der Waals surface area contributed by atoms with Crippen molar-refractivity contribution >= 4 is 103 Å². The molecule has 0 saturated carbocycles. The first-order valence-corrected chi connectivity index (χ1v) is 17.2. The maximum atomic E-state index is 10.6. The van der Waals surface area contributed by atoms with E-state index in [0.717, 1.165) is 44.2 Å². The number of pyridine rings is 3. The predicted molar refractivity (Wildman–Crippen MR) is 177 cm³/mol. The molecule has 0 aliphatic carbocycles. The fourth-order valence-electron chi connectivity index (χ4n) is 3.59. The number of fused-ring (bicyclic) bond motifs is 3. The van der Waals surface area contributed by atoms with E-state index in [1.807, 2.05) is 49.4 Å². The first kappa shape index (κ1) is 52.3. The number of aryl methyl sites for hydroxylation is 1. The number of carbonyl (C=O) groups excluding carboxylic acids is 1. The molecule has 1 unspecified atom stereocenters. The summed E-state index contributed by atoms with van der Waals surface area (Å²) in [6.45, 7) is 1.98. The number of hydrogen-bond donors (Lipinski definition) is 2. The van der Waals surface area contributed by atoms with Crippen LogP contribution in [-0.4, -0.2) is 52.4 Å². The Balaban J connectivity index is -0.000000608. The molecule has 52 heavy (non-hydrogen) atoms. The average Bonchev–Trinajstić information content (AvgIpc) is 3.09. The molecule has 0 spiro atoms. The summed E-state index contributed by atoms with van der Waals surface area (Å²) in [7, 11) is -3.04. The number of carbonyl (C=O) groups is 2. The van der Waals surface area contributed by atoms with Crippen LogP contribution in [0.25, 0.3) is 32.7 Å². The van der Waals surface area contributed by atoms with Crippen LogP contribution < -0.4 is 73.3 Å². The molecule has 22 heteroatoms. The molecule has 3 aromatic carbocycles. The Labute approximate surface area is 367 Å². The Morgan fingerprint density at radius 3 is 1.54 bits per heavy atom. The zero-order valence-corrected chi connectivity index (χ0v) is 36.6. The number of aldehydes is 1. The zero-order chi connectivity index (χ0) is 37.6. The fourth-order valence-corrected chi connectivity index (χ4v) is 4.13. The van der Waals surface area contributed by atoms with Crippen molar-refractivity contribution in [3.8, 4) is 0 Å². The van der Waals surface area contributed by atoms with Crippen LogP contribution in [0.2, 0.25) is 15.1 Å². The molecule has 264 valence electrons. The molecule has 1 atom stereocenters.